The van der Waals surface area contributed by atoms with Crippen LogP contribution in [0.15, 0.2) is 30.4 Å². The number of nitrogens with zero attached hydrogens (tertiary/aromatic N) is 2. The lowest BCUT2D eigenvalue weighted by Gasteiger charge is -2.40. The quantitative estimate of drug-likeness (QED) is 0.718. The molecule has 1 atom stereocenters. The Hall–Kier alpha value is -2.05. The van der Waals surface area contributed by atoms with Gasteiger partial charge in [0.25, 0.3) is 5.91 Å². The topological polar surface area (TPSA) is 62.2 Å². The minimum absolute atomic E-state index is 0.234. The third kappa shape index (κ3) is 4.56. The highest BCUT2D eigenvalue weighted by Crippen LogP contribution is 2.33. The lowest BCUT2D eigenvalue weighted by Crippen LogP contribution is -2.58. The van der Waals surface area contributed by atoms with Crippen molar-refractivity contribution in [3.05, 3.63) is 35.9 Å². The number of likely N-dealkylation sites (N-methyl/N-ethyl adjacent to an activating group) is 1. The number of likely N-dealkylation sites (tertiary alicyclic amines) is 1. The fraction of sp³-hybridized carbons (Fsp3) is 0.550. The molecule has 0 aliphatic carbocycles. The van der Waals surface area contributed by atoms with Gasteiger partial charge in [0.15, 0.2) is 17.1 Å². The van der Waals surface area contributed by atoms with Crippen molar-refractivity contribution in [1.82, 2.24) is 9.80 Å². The van der Waals surface area contributed by atoms with E-state index in [0.29, 0.717) is 44.1 Å². The fourth-order valence-corrected chi connectivity index (χ4v) is 3.61. The van der Waals surface area contributed by atoms with E-state index in [1.165, 1.54) is 0 Å². The number of methoxy groups -OCH3 is 2. The number of carbonyl (C=O) groups excluding carboxylic acids is 1. The second-order valence-electron chi connectivity index (χ2n) is 7.14. The van der Waals surface area contributed by atoms with Crippen molar-refractivity contribution in [3.8, 4) is 11.5 Å². The highest BCUT2D eigenvalue weighted by molar-refractivity contribution is 5.86. The maximum atomic E-state index is 13.0. The Kier molecular flexibility index (Phi) is 6.67. The van der Waals surface area contributed by atoms with Gasteiger partial charge in [0.2, 0.25) is 0 Å². The monoisotopic (exact) mass is 362 g/mol. The van der Waals surface area contributed by atoms with Crippen LogP contribution < -0.4 is 9.47 Å². The number of hydrogen-bond donors (Lipinski definition) is 1. The van der Waals surface area contributed by atoms with E-state index in [1.807, 2.05) is 37.1 Å². The zero-order valence-corrected chi connectivity index (χ0v) is 16.2. The van der Waals surface area contributed by atoms with Gasteiger partial charge in [0.05, 0.1) is 14.2 Å². The Morgan fingerprint density at radius 2 is 2.12 bits per heavy atom. The van der Waals surface area contributed by atoms with Crippen LogP contribution in [0.2, 0.25) is 0 Å². The molecule has 0 radical (unpaired) electrons. The van der Waals surface area contributed by atoms with Gasteiger partial charge in [-0.2, -0.15) is 0 Å². The molecule has 1 amide bonds. The number of carbonyl (C=O) groups is 1. The van der Waals surface area contributed by atoms with Gasteiger partial charge in [-0.3, -0.25) is 9.69 Å². The van der Waals surface area contributed by atoms with Crippen molar-refractivity contribution in [2.75, 3.05) is 40.9 Å². The molecule has 144 valence electrons. The minimum Gasteiger partial charge on any atom is -0.493 e. The van der Waals surface area contributed by atoms with Gasteiger partial charge < -0.3 is 19.5 Å². The summed E-state index contributed by atoms with van der Waals surface area (Å²) in [4.78, 5) is 16.6. The summed E-state index contributed by atoms with van der Waals surface area (Å²) in [5.74, 6) is 1.02. The van der Waals surface area contributed by atoms with Gasteiger partial charge in [0.1, 0.15) is 0 Å². The summed E-state index contributed by atoms with van der Waals surface area (Å²) in [5, 5.41) is 11.0. The third-order valence-corrected chi connectivity index (χ3v) is 4.62. The molecule has 0 aromatic heterocycles. The van der Waals surface area contributed by atoms with Crippen molar-refractivity contribution in [2.45, 2.75) is 31.9 Å². The van der Waals surface area contributed by atoms with E-state index >= 15 is 0 Å². The number of piperidine rings is 1. The van der Waals surface area contributed by atoms with Gasteiger partial charge in [-0.15, -0.1) is 0 Å². The number of rotatable bonds is 8. The zero-order valence-electron chi connectivity index (χ0n) is 16.2. The summed E-state index contributed by atoms with van der Waals surface area (Å²) in [5.41, 5.74) is 0.492. The molecule has 1 N–H and O–H groups in total. The molecule has 1 aromatic rings. The van der Waals surface area contributed by atoms with Crippen molar-refractivity contribution < 1.29 is 19.4 Å². The maximum absolute atomic E-state index is 13.0. The van der Waals surface area contributed by atoms with Gasteiger partial charge >= 0.3 is 0 Å². The number of ether oxygens (including phenoxy) is 2. The molecular weight excluding hydrogens is 332 g/mol. The Morgan fingerprint density at radius 3 is 2.73 bits per heavy atom. The van der Waals surface area contributed by atoms with Crippen LogP contribution in [-0.2, 0) is 11.3 Å². The van der Waals surface area contributed by atoms with Crippen LogP contribution in [0.1, 0.15) is 25.3 Å². The smallest absolute Gasteiger partial charge is 0.256 e. The molecule has 1 heterocycles. The van der Waals surface area contributed by atoms with E-state index < -0.39 is 5.60 Å². The molecule has 6 heteroatoms. The largest absolute Gasteiger partial charge is 0.493 e. The first-order valence-corrected chi connectivity index (χ1v) is 8.85. The second-order valence-corrected chi connectivity index (χ2v) is 7.14. The summed E-state index contributed by atoms with van der Waals surface area (Å²) < 4.78 is 10.8. The molecule has 0 saturated carbocycles. The number of aliphatic hydroxyl groups is 1. The molecule has 1 fully saturated rings. The highest BCUT2D eigenvalue weighted by Gasteiger charge is 2.43. The Morgan fingerprint density at radius 1 is 1.38 bits per heavy atom. The summed E-state index contributed by atoms with van der Waals surface area (Å²) in [6.07, 6.45) is 1.23. The zero-order chi connectivity index (χ0) is 19.3. The van der Waals surface area contributed by atoms with Crippen LogP contribution in [0.4, 0.5) is 0 Å². The Bertz CT molecular complexity index is 661. The van der Waals surface area contributed by atoms with Crippen molar-refractivity contribution in [2.24, 2.45) is 0 Å². The first kappa shape index (κ1) is 20.3. The van der Waals surface area contributed by atoms with Gasteiger partial charge in [-0.1, -0.05) is 24.3 Å². The van der Waals surface area contributed by atoms with Gasteiger partial charge in [-0.05, 0) is 32.9 Å². The van der Waals surface area contributed by atoms with Crippen LogP contribution in [0.25, 0.3) is 0 Å². The van der Waals surface area contributed by atoms with Crippen molar-refractivity contribution >= 4 is 5.91 Å². The number of para-hydroxylation sites is 1. The molecule has 0 unspecified atom stereocenters. The minimum atomic E-state index is -1.37. The summed E-state index contributed by atoms with van der Waals surface area (Å²) in [7, 11) is 5.07. The summed E-state index contributed by atoms with van der Waals surface area (Å²) >= 11 is 0. The van der Waals surface area contributed by atoms with E-state index in [-0.39, 0.29) is 5.91 Å². The van der Waals surface area contributed by atoms with Crippen molar-refractivity contribution in [3.63, 3.8) is 0 Å². The molecule has 1 aromatic carbocycles. The standard InChI is InChI=1S/C20H30N2O4/c1-15(2)12-21(3)14-20(24)10-7-11-22(19(20)23)13-16-8-6-9-17(25-4)18(16)26-5/h6,8-9,24H,1,7,10-14H2,2-5H3/t20-/m1/s1. The maximum Gasteiger partial charge on any atom is 0.256 e. The van der Waals surface area contributed by atoms with Gasteiger partial charge in [0, 0.05) is 31.7 Å². The molecule has 0 bridgehead atoms. The lowest BCUT2D eigenvalue weighted by atomic mass is 9.90. The van der Waals surface area contributed by atoms with E-state index in [9.17, 15) is 9.90 Å². The van der Waals surface area contributed by atoms with E-state index in [2.05, 4.69) is 6.58 Å². The van der Waals surface area contributed by atoms with Crippen LogP contribution in [0.3, 0.4) is 0 Å². The van der Waals surface area contributed by atoms with Crippen LogP contribution in [-0.4, -0.2) is 67.3 Å². The average Bonchev–Trinajstić information content (AvgIpc) is 2.57. The number of amides is 1. The number of benzene rings is 1. The van der Waals surface area contributed by atoms with Crippen LogP contribution in [0, 0.1) is 0 Å². The van der Waals surface area contributed by atoms with Crippen LogP contribution >= 0.6 is 0 Å². The predicted octanol–water partition coefficient (Wildman–Crippen LogP) is 2.07. The molecule has 6 nitrogen and oxygen atoms in total. The SMILES string of the molecule is C=C(C)CN(C)C[C@]1(O)CCCN(Cc2cccc(OC)c2OC)C1=O. The van der Waals surface area contributed by atoms with E-state index in [0.717, 1.165) is 17.6 Å². The predicted molar refractivity (Wildman–Crippen MR) is 101 cm³/mol. The molecule has 2 rings (SSSR count). The first-order chi connectivity index (χ1) is 12.3. The number of hydrogen-bond acceptors (Lipinski definition) is 5. The molecular formula is C20H30N2O4. The Balaban J connectivity index is 2.16. The van der Waals surface area contributed by atoms with Gasteiger partial charge in [-0.25, -0.2) is 0 Å². The highest BCUT2D eigenvalue weighted by atomic mass is 16.5. The molecule has 1 aliphatic heterocycles. The summed E-state index contributed by atoms with van der Waals surface area (Å²) in [6.45, 7) is 7.77. The molecule has 0 spiro atoms. The summed E-state index contributed by atoms with van der Waals surface area (Å²) in [6, 6.07) is 5.61. The molecule has 1 aliphatic rings. The van der Waals surface area contributed by atoms with E-state index in [4.69, 9.17) is 9.47 Å². The second kappa shape index (κ2) is 8.56. The normalized spacial score (nSPS) is 20.4. The molecule has 1 saturated heterocycles. The fourth-order valence-electron chi connectivity index (χ4n) is 3.61. The lowest BCUT2D eigenvalue weighted by molar-refractivity contribution is -0.159. The third-order valence-electron chi connectivity index (χ3n) is 4.62. The average molecular weight is 362 g/mol. The van der Waals surface area contributed by atoms with E-state index in [1.54, 1.807) is 19.1 Å². The first-order valence-electron chi connectivity index (χ1n) is 8.85. The molecule has 26 heavy (non-hydrogen) atoms. The van der Waals surface area contributed by atoms with Crippen LogP contribution in [0.5, 0.6) is 11.5 Å². The Labute approximate surface area is 156 Å². The van der Waals surface area contributed by atoms with Crippen molar-refractivity contribution in [1.29, 1.82) is 0 Å².